The van der Waals surface area contributed by atoms with Crippen LogP contribution < -0.4 is 10.0 Å². The van der Waals surface area contributed by atoms with Gasteiger partial charge in [-0.05, 0) is 0 Å². The van der Waals surface area contributed by atoms with Crippen LogP contribution in [-0.2, 0) is 14.8 Å². The predicted octanol–water partition coefficient (Wildman–Crippen LogP) is -1.74. The Bertz CT molecular complexity index is 401. The van der Waals surface area contributed by atoms with Crippen LogP contribution in [0, 0.1) is 5.92 Å². The SMILES string of the molecule is CS(=O)(=O)NCCNC(=O)N1CC(C(=O)O)C1. The maximum atomic E-state index is 11.4. The van der Waals surface area contributed by atoms with Crippen molar-refractivity contribution in [1.82, 2.24) is 14.9 Å². The van der Waals surface area contributed by atoms with Gasteiger partial charge in [0.05, 0.1) is 12.2 Å². The topological polar surface area (TPSA) is 116 Å². The molecule has 0 atom stereocenters. The summed E-state index contributed by atoms with van der Waals surface area (Å²) in [6.45, 7) is 0.669. The second-order valence-electron chi connectivity index (χ2n) is 3.84. The summed E-state index contributed by atoms with van der Waals surface area (Å²) in [5.41, 5.74) is 0. The highest BCUT2D eigenvalue weighted by atomic mass is 32.2. The van der Waals surface area contributed by atoms with E-state index in [2.05, 4.69) is 10.0 Å². The Kier molecular flexibility index (Phi) is 4.29. The van der Waals surface area contributed by atoms with Crippen LogP contribution in [0.3, 0.4) is 0 Å². The van der Waals surface area contributed by atoms with Crippen LogP contribution in [0.5, 0.6) is 0 Å². The molecule has 2 amide bonds. The maximum Gasteiger partial charge on any atom is 0.317 e. The highest BCUT2D eigenvalue weighted by molar-refractivity contribution is 7.88. The van der Waals surface area contributed by atoms with Crippen molar-refractivity contribution < 1.29 is 23.1 Å². The first-order chi connectivity index (χ1) is 7.79. The minimum absolute atomic E-state index is 0.112. The third kappa shape index (κ3) is 4.57. The van der Waals surface area contributed by atoms with E-state index in [1.807, 2.05) is 0 Å². The Labute approximate surface area is 99.0 Å². The van der Waals surface area contributed by atoms with Gasteiger partial charge >= 0.3 is 12.0 Å². The molecule has 0 aromatic carbocycles. The van der Waals surface area contributed by atoms with Gasteiger partial charge in [0, 0.05) is 26.2 Å². The van der Waals surface area contributed by atoms with E-state index < -0.39 is 21.9 Å². The van der Waals surface area contributed by atoms with Crippen molar-refractivity contribution in [1.29, 1.82) is 0 Å². The van der Waals surface area contributed by atoms with Crippen molar-refractivity contribution in [2.45, 2.75) is 0 Å². The monoisotopic (exact) mass is 265 g/mol. The fraction of sp³-hybridized carbons (Fsp3) is 0.750. The van der Waals surface area contributed by atoms with Crippen LogP contribution in [0.2, 0.25) is 0 Å². The smallest absolute Gasteiger partial charge is 0.317 e. The van der Waals surface area contributed by atoms with Gasteiger partial charge in [-0.1, -0.05) is 0 Å². The zero-order valence-corrected chi connectivity index (χ0v) is 10.2. The highest BCUT2D eigenvalue weighted by Crippen LogP contribution is 2.14. The first-order valence-electron chi connectivity index (χ1n) is 5.00. The summed E-state index contributed by atoms with van der Waals surface area (Å²) in [6.07, 6.45) is 1.03. The molecule has 0 spiro atoms. The number of rotatable bonds is 5. The summed E-state index contributed by atoms with van der Waals surface area (Å²) in [7, 11) is -3.25. The molecule has 0 bridgehead atoms. The molecule has 1 aliphatic heterocycles. The molecule has 0 unspecified atom stereocenters. The number of carboxylic acid groups (broad SMARTS) is 1. The van der Waals surface area contributed by atoms with Crippen molar-refractivity contribution >= 4 is 22.0 Å². The molecule has 0 saturated carbocycles. The van der Waals surface area contributed by atoms with Crippen LogP contribution in [0.4, 0.5) is 4.79 Å². The highest BCUT2D eigenvalue weighted by Gasteiger charge is 2.35. The molecule has 1 aliphatic rings. The third-order valence-electron chi connectivity index (χ3n) is 2.28. The molecule has 1 saturated heterocycles. The van der Waals surface area contributed by atoms with E-state index in [4.69, 9.17) is 5.11 Å². The quantitative estimate of drug-likeness (QED) is 0.510. The van der Waals surface area contributed by atoms with E-state index in [1.165, 1.54) is 4.90 Å². The summed E-state index contributed by atoms with van der Waals surface area (Å²) < 4.78 is 23.6. The van der Waals surface area contributed by atoms with Gasteiger partial charge in [-0.2, -0.15) is 0 Å². The van der Waals surface area contributed by atoms with E-state index in [-0.39, 0.29) is 32.2 Å². The summed E-state index contributed by atoms with van der Waals surface area (Å²) in [6, 6.07) is -0.377. The van der Waals surface area contributed by atoms with E-state index >= 15 is 0 Å². The molecule has 17 heavy (non-hydrogen) atoms. The molecule has 0 aromatic rings. The first kappa shape index (κ1) is 13.7. The van der Waals surface area contributed by atoms with Crippen LogP contribution in [-0.4, -0.2) is 62.9 Å². The fourth-order valence-electron chi connectivity index (χ4n) is 1.32. The van der Waals surface area contributed by atoms with Gasteiger partial charge in [0.15, 0.2) is 0 Å². The lowest BCUT2D eigenvalue weighted by molar-refractivity contribution is -0.146. The van der Waals surface area contributed by atoms with Gasteiger partial charge in [-0.25, -0.2) is 17.9 Å². The van der Waals surface area contributed by atoms with E-state index in [1.54, 1.807) is 0 Å². The van der Waals surface area contributed by atoms with Crippen molar-refractivity contribution in [3.05, 3.63) is 0 Å². The number of hydrogen-bond donors (Lipinski definition) is 3. The Hall–Kier alpha value is -1.35. The maximum absolute atomic E-state index is 11.4. The zero-order valence-electron chi connectivity index (χ0n) is 9.34. The van der Waals surface area contributed by atoms with Crippen LogP contribution in [0.1, 0.15) is 0 Å². The second kappa shape index (κ2) is 5.32. The van der Waals surface area contributed by atoms with Gasteiger partial charge in [0.1, 0.15) is 0 Å². The number of urea groups is 1. The van der Waals surface area contributed by atoms with Gasteiger partial charge in [-0.3, -0.25) is 4.79 Å². The third-order valence-corrected chi connectivity index (χ3v) is 3.01. The summed E-state index contributed by atoms with van der Waals surface area (Å²) in [5.74, 6) is -1.40. The summed E-state index contributed by atoms with van der Waals surface area (Å²) in [4.78, 5) is 23.2. The van der Waals surface area contributed by atoms with Gasteiger partial charge in [-0.15, -0.1) is 0 Å². The molecule has 98 valence electrons. The molecule has 3 N–H and O–H groups in total. The Morgan fingerprint density at radius 1 is 1.35 bits per heavy atom. The number of nitrogens with zero attached hydrogens (tertiary/aromatic N) is 1. The first-order valence-corrected chi connectivity index (χ1v) is 6.89. The molecular formula is C8H15N3O5S. The number of likely N-dealkylation sites (tertiary alicyclic amines) is 1. The molecule has 0 aliphatic carbocycles. The van der Waals surface area contributed by atoms with Gasteiger partial charge in [0.25, 0.3) is 0 Å². The molecule has 1 rings (SSSR count). The van der Waals surface area contributed by atoms with Crippen LogP contribution in [0.25, 0.3) is 0 Å². The van der Waals surface area contributed by atoms with Crippen molar-refractivity contribution in [3.63, 3.8) is 0 Å². The summed E-state index contributed by atoms with van der Waals surface area (Å²) >= 11 is 0. The molecular weight excluding hydrogens is 250 g/mol. The predicted molar refractivity (Wildman–Crippen MR) is 58.9 cm³/mol. The number of sulfonamides is 1. The number of aliphatic carboxylic acids is 1. The lowest BCUT2D eigenvalue weighted by Gasteiger charge is -2.36. The second-order valence-corrected chi connectivity index (χ2v) is 5.67. The van der Waals surface area contributed by atoms with E-state index in [9.17, 15) is 18.0 Å². The average molecular weight is 265 g/mol. The Morgan fingerprint density at radius 3 is 2.41 bits per heavy atom. The fourth-order valence-corrected chi connectivity index (χ4v) is 1.79. The Morgan fingerprint density at radius 2 is 1.94 bits per heavy atom. The lowest BCUT2D eigenvalue weighted by atomic mass is 10.0. The van der Waals surface area contributed by atoms with Gasteiger partial charge in [0.2, 0.25) is 10.0 Å². The normalized spacial score (nSPS) is 16.4. The number of carbonyl (C=O) groups excluding carboxylic acids is 1. The minimum atomic E-state index is -3.25. The number of carboxylic acids is 1. The average Bonchev–Trinajstić information content (AvgIpc) is 2.07. The number of hydrogen-bond acceptors (Lipinski definition) is 4. The lowest BCUT2D eigenvalue weighted by Crippen LogP contribution is -2.56. The van der Waals surface area contributed by atoms with Gasteiger partial charge < -0.3 is 15.3 Å². The molecule has 0 aromatic heterocycles. The van der Waals surface area contributed by atoms with Crippen molar-refractivity contribution in [3.8, 4) is 0 Å². The number of amides is 2. The molecule has 9 heteroatoms. The van der Waals surface area contributed by atoms with Crippen molar-refractivity contribution in [2.24, 2.45) is 5.92 Å². The van der Waals surface area contributed by atoms with E-state index in [0.717, 1.165) is 6.26 Å². The molecule has 1 heterocycles. The van der Waals surface area contributed by atoms with Crippen LogP contribution in [0.15, 0.2) is 0 Å². The van der Waals surface area contributed by atoms with Crippen LogP contribution >= 0.6 is 0 Å². The standard InChI is InChI=1S/C8H15N3O5S/c1-17(15,16)10-3-2-9-8(14)11-4-6(5-11)7(12)13/h6,10H,2-5H2,1H3,(H,9,14)(H,12,13). The summed E-state index contributed by atoms with van der Waals surface area (Å²) in [5, 5.41) is 11.1. The number of carbonyl (C=O) groups is 2. The molecule has 1 fully saturated rings. The number of nitrogens with one attached hydrogen (secondary N) is 2. The molecule has 0 radical (unpaired) electrons. The largest absolute Gasteiger partial charge is 0.481 e. The Balaban J connectivity index is 2.13. The minimum Gasteiger partial charge on any atom is -0.481 e. The van der Waals surface area contributed by atoms with Crippen molar-refractivity contribution in [2.75, 3.05) is 32.4 Å². The van der Waals surface area contributed by atoms with E-state index in [0.29, 0.717) is 0 Å². The molecule has 8 nitrogen and oxygen atoms in total. The zero-order chi connectivity index (χ0) is 13.1.